The highest BCUT2D eigenvalue weighted by atomic mass is 32.1. The molecule has 104 valence electrons. The molecule has 1 aliphatic carbocycles. The van der Waals surface area contributed by atoms with Gasteiger partial charge in [0.05, 0.1) is 6.54 Å². The van der Waals surface area contributed by atoms with E-state index >= 15 is 0 Å². The zero-order valence-corrected chi connectivity index (χ0v) is 12.2. The predicted molar refractivity (Wildman–Crippen MR) is 78.3 cm³/mol. The highest BCUT2D eigenvalue weighted by molar-refractivity contribution is 7.09. The summed E-state index contributed by atoms with van der Waals surface area (Å²) < 4.78 is 0. The smallest absolute Gasteiger partial charge is 0.320 e. The number of thiophene rings is 1. The molecular formula is C15H22N2OS. The molecule has 1 aliphatic heterocycles. The topological polar surface area (TPSA) is 23.6 Å². The van der Waals surface area contributed by atoms with E-state index in [0.717, 1.165) is 19.6 Å². The standard InChI is InChI=1S/C15H22N2OS/c18-15(16-9-3-1-2-4-10-16)17(13-7-8-13)12-14-6-5-11-19-14/h5-6,11,13H,1-4,7-10,12H2. The van der Waals surface area contributed by atoms with Gasteiger partial charge in [-0.15, -0.1) is 11.3 Å². The maximum absolute atomic E-state index is 12.7. The van der Waals surface area contributed by atoms with Gasteiger partial charge in [0.15, 0.2) is 0 Å². The second-order valence-electron chi connectivity index (χ2n) is 5.62. The number of rotatable bonds is 3. The Bertz CT molecular complexity index is 406. The van der Waals surface area contributed by atoms with Gasteiger partial charge in [0.2, 0.25) is 0 Å². The molecule has 0 radical (unpaired) electrons. The van der Waals surface area contributed by atoms with E-state index in [1.807, 2.05) is 0 Å². The van der Waals surface area contributed by atoms with Gasteiger partial charge in [0.25, 0.3) is 0 Å². The van der Waals surface area contributed by atoms with Crippen LogP contribution in [-0.4, -0.2) is 35.0 Å². The first kappa shape index (κ1) is 13.0. The van der Waals surface area contributed by atoms with Crippen molar-refractivity contribution in [2.24, 2.45) is 0 Å². The SMILES string of the molecule is O=C(N1CCCCCC1)N(Cc1cccs1)C1CC1. The number of hydrogen-bond donors (Lipinski definition) is 0. The molecule has 2 aliphatic rings. The largest absolute Gasteiger partial charge is 0.325 e. The molecule has 0 unspecified atom stereocenters. The maximum Gasteiger partial charge on any atom is 0.320 e. The van der Waals surface area contributed by atoms with Crippen molar-refractivity contribution in [1.29, 1.82) is 0 Å². The number of nitrogens with zero attached hydrogens (tertiary/aromatic N) is 2. The quantitative estimate of drug-likeness (QED) is 0.827. The molecule has 19 heavy (non-hydrogen) atoms. The van der Waals surface area contributed by atoms with Crippen molar-refractivity contribution in [2.75, 3.05) is 13.1 Å². The van der Waals surface area contributed by atoms with Crippen LogP contribution in [0.1, 0.15) is 43.4 Å². The van der Waals surface area contributed by atoms with Gasteiger partial charge in [0, 0.05) is 24.0 Å². The molecule has 2 heterocycles. The Morgan fingerprint density at radius 2 is 2.00 bits per heavy atom. The average molecular weight is 278 g/mol. The average Bonchev–Trinajstić information content (AvgIpc) is 3.19. The van der Waals surface area contributed by atoms with Crippen molar-refractivity contribution in [3.05, 3.63) is 22.4 Å². The van der Waals surface area contributed by atoms with E-state index in [4.69, 9.17) is 0 Å². The molecule has 0 bridgehead atoms. The van der Waals surface area contributed by atoms with Crippen LogP contribution in [0.3, 0.4) is 0 Å². The van der Waals surface area contributed by atoms with Crippen LogP contribution in [-0.2, 0) is 6.54 Å². The molecule has 3 nitrogen and oxygen atoms in total. The van der Waals surface area contributed by atoms with E-state index in [0.29, 0.717) is 6.04 Å². The fraction of sp³-hybridized carbons (Fsp3) is 0.667. The highest BCUT2D eigenvalue weighted by Gasteiger charge is 2.35. The number of amides is 2. The first-order chi connectivity index (χ1) is 9.34. The van der Waals surface area contributed by atoms with Gasteiger partial charge in [0.1, 0.15) is 0 Å². The molecule has 2 amide bonds. The third-order valence-corrected chi connectivity index (χ3v) is 4.88. The van der Waals surface area contributed by atoms with Crippen molar-refractivity contribution >= 4 is 17.4 Å². The molecule has 1 aromatic rings. The van der Waals surface area contributed by atoms with Gasteiger partial charge in [-0.1, -0.05) is 18.9 Å². The molecule has 3 rings (SSSR count). The zero-order chi connectivity index (χ0) is 13.1. The van der Waals surface area contributed by atoms with E-state index < -0.39 is 0 Å². The van der Waals surface area contributed by atoms with Crippen molar-refractivity contribution in [3.63, 3.8) is 0 Å². The van der Waals surface area contributed by atoms with Crippen molar-refractivity contribution in [3.8, 4) is 0 Å². The van der Waals surface area contributed by atoms with Gasteiger partial charge >= 0.3 is 6.03 Å². The Hall–Kier alpha value is -1.03. The van der Waals surface area contributed by atoms with Crippen LogP contribution in [0.4, 0.5) is 4.79 Å². The minimum Gasteiger partial charge on any atom is -0.325 e. The van der Waals surface area contributed by atoms with Crippen LogP contribution in [0.5, 0.6) is 0 Å². The number of hydrogen-bond acceptors (Lipinski definition) is 2. The van der Waals surface area contributed by atoms with E-state index in [-0.39, 0.29) is 6.03 Å². The first-order valence-corrected chi connectivity index (χ1v) is 8.30. The molecule has 4 heteroatoms. The second kappa shape index (κ2) is 5.95. The lowest BCUT2D eigenvalue weighted by Gasteiger charge is -2.29. The van der Waals surface area contributed by atoms with Crippen molar-refractivity contribution in [1.82, 2.24) is 9.80 Å². The summed E-state index contributed by atoms with van der Waals surface area (Å²) in [6, 6.07) is 4.98. The third kappa shape index (κ3) is 3.30. The molecule has 1 saturated heterocycles. The number of likely N-dealkylation sites (tertiary alicyclic amines) is 1. The summed E-state index contributed by atoms with van der Waals surface area (Å²) in [6.07, 6.45) is 7.26. The van der Waals surface area contributed by atoms with Crippen molar-refractivity contribution in [2.45, 2.75) is 51.1 Å². The summed E-state index contributed by atoms with van der Waals surface area (Å²) in [5, 5.41) is 2.09. The van der Waals surface area contributed by atoms with E-state index in [2.05, 4.69) is 27.3 Å². The number of urea groups is 1. The number of carbonyl (C=O) groups excluding carboxylic acids is 1. The van der Waals surface area contributed by atoms with Crippen LogP contribution in [0.25, 0.3) is 0 Å². The Balaban J connectivity index is 1.66. The van der Waals surface area contributed by atoms with Gasteiger partial charge in [-0.2, -0.15) is 0 Å². The van der Waals surface area contributed by atoms with E-state index in [9.17, 15) is 4.79 Å². The van der Waals surface area contributed by atoms with Crippen LogP contribution < -0.4 is 0 Å². The van der Waals surface area contributed by atoms with Crippen LogP contribution >= 0.6 is 11.3 Å². The molecule has 0 atom stereocenters. The van der Waals surface area contributed by atoms with Crippen LogP contribution in [0.2, 0.25) is 0 Å². The molecule has 0 aromatic carbocycles. The fourth-order valence-corrected chi connectivity index (χ4v) is 3.46. The lowest BCUT2D eigenvalue weighted by Crippen LogP contribution is -2.44. The Labute approximate surface area is 119 Å². The third-order valence-electron chi connectivity index (χ3n) is 4.02. The predicted octanol–water partition coefficient (Wildman–Crippen LogP) is 3.71. The zero-order valence-electron chi connectivity index (χ0n) is 11.4. The summed E-state index contributed by atoms with van der Waals surface area (Å²) in [5.41, 5.74) is 0. The van der Waals surface area contributed by atoms with E-state index in [1.54, 1.807) is 11.3 Å². The Morgan fingerprint density at radius 3 is 2.58 bits per heavy atom. The lowest BCUT2D eigenvalue weighted by molar-refractivity contribution is 0.149. The second-order valence-corrected chi connectivity index (χ2v) is 6.65. The van der Waals surface area contributed by atoms with Gasteiger partial charge in [-0.25, -0.2) is 4.79 Å². The van der Waals surface area contributed by atoms with Crippen molar-refractivity contribution < 1.29 is 4.79 Å². The van der Waals surface area contributed by atoms with Gasteiger partial charge in [-0.05, 0) is 37.1 Å². The number of carbonyl (C=O) groups is 1. The molecule has 0 spiro atoms. The molecular weight excluding hydrogens is 256 g/mol. The molecule has 0 N–H and O–H groups in total. The van der Waals surface area contributed by atoms with Crippen LogP contribution in [0.15, 0.2) is 17.5 Å². The summed E-state index contributed by atoms with van der Waals surface area (Å²) >= 11 is 1.75. The Morgan fingerprint density at radius 1 is 1.26 bits per heavy atom. The highest BCUT2D eigenvalue weighted by Crippen LogP contribution is 2.30. The normalized spacial score (nSPS) is 20.1. The summed E-state index contributed by atoms with van der Waals surface area (Å²) in [4.78, 5) is 18.2. The summed E-state index contributed by atoms with van der Waals surface area (Å²) in [6.45, 7) is 2.71. The minimum absolute atomic E-state index is 0.276. The van der Waals surface area contributed by atoms with Gasteiger partial charge in [-0.3, -0.25) is 0 Å². The maximum atomic E-state index is 12.7. The van der Waals surface area contributed by atoms with Crippen LogP contribution in [0, 0.1) is 0 Å². The fourth-order valence-electron chi connectivity index (χ4n) is 2.75. The minimum atomic E-state index is 0.276. The molecule has 1 aromatic heterocycles. The first-order valence-electron chi connectivity index (χ1n) is 7.42. The molecule has 1 saturated carbocycles. The lowest BCUT2D eigenvalue weighted by atomic mass is 10.2. The molecule has 2 fully saturated rings. The summed E-state index contributed by atoms with van der Waals surface area (Å²) in [7, 11) is 0. The van der Waals surface area contributed by atoms with E-state index in [1.165, 1.54) is 43.4 Å². The Kier molecular flexibility index (Phi) is 4.06. The van der Waals surface area contributed by atoms with Gasteiger partial charge < -0.3 is 9.80 Å². The summed E-state index contributed by atoms with van der Waals surface area (Å²) in [5.74, 6) is 0. The monoisotopic (exact) mass is 278 g/mol.